The van der Waals surface area contributed by atoms with Crippen LogP contribution in [0.1, 0.15) is 5.69 Å². The third-order valence-corrected chi connectivity index (χ3v) is 1.38. The molecular weight excluding hydrogens is 160 g/mol. The zero-order valence-electron chi connectivity index (χ0n) is 6.31. The standard InChI is InChI=1S/C6H6N4O2/c1-3-4(11-2-8-3)5-9-6(7)10-12-5/h2H,1H3,(H2,7,10). The van der Waals surface area contributed by atoms with Crippen LogP contribution in [0.4, 0.5) is 5.95 Å². The van der Waals surface area contributed by atoms with Gasteiger partial charge in [-0.3, -0.25) is 0 Å². The minimum atomic E-state index is 0.0841. The predicted octanol–water partition coefficient (Wildman–Crippen LogP) is 0.615. The number of nitrogen functional groups attached to an aromatic ring is 1. The third-order valence-electron chi connectivity index (χ3n) is 1.38. The topological polar surface area (TPSA) is 91.0 Å². The molecule has 2 aromatic rings. The van der Waals surface area contributed by atoms with Gasteiger partial charge in [0.25, 0.3) is 11.8 Å². The maximum absolute atomic E-state index is 5.26. The Morgan fingerprint density at radius 3 is 2.83 bits per heavy atom. The van der Waals surface area contributed by atoms with E-state index in [1.807, 2.05) is 0 Å². The van der Waals surface area contributed by atoms with Gasteiger partial charge >= 0.3 is 0 Å². The molecule has 0 atom stereocenters. The molecule has 2 N–H and O–H groups in total. The fraction of sp³-hybridized carbons (Fsp3) is 0.167. The maximum atomic E-state index is 5.26. The van der Waals surface area contributed by atoms with Gasteiger partial charge in [-0.05, 0) is 12.1 Å². The first-order chi connectivity index (χ1) is 5.77. The van der Waals surface area contributed by atoms with E-state index < -0.39 is 0 Å². The van der Waals surface area contributed by atoms with E-state index >= 15 is 0 Å². The lowest BCUT2D eigenvalue weighted by atomic mass is 10.4. The Kier molecular flexibility index (Phi) is 1.33. The molecule has 62 valence electrons. The molecule has 12 heavy (non-hydrogen) atoms. The molecule has 0 aliphatic heterocycles. The van der Waals surface area contributed by atoms with Crippen LogP contribution in [0.5, 0.6) is 0 Å². The Bertz CT molecular complexity index is 392. The Morgan fingerprint density at radius 1 is 1.50 bits per heavy atom. The van der Waals surface area contributed by atoms with Crippen molar-refractivity contribution in [2.24, 2.45) is 0 Å². The number of aromatic nitrogens is 3. The molecule has 0 aliphatic carbocycles. The van der Waals surface area contributed by atoms with Crippen molar-refractivity contribution in [3.05, 3.63) is 12.1 Å². The summed E-state index contributed by atoms with van der Waals surface area (Å²) in [5.41, 5.74) is 5.95. The van der Waals surface area contributed by atoms with Crippen LogP contribution in [0.25, 0.3) is 11.7 Å². The predicted molar refractivity (Wildman–Crippen MR) is 38.9 cm³/mol. The van der Waals surface area contributed by atoms with Crippen LogP contribution in [0, 0.1) is 6.92 Å². The van der Waals surface area contributed by atoms with Crippen molar-refractivity contribution in [1.82, 2.24) is 15.1 Å². The Labute approximate surface area is 67.4 Å². The summed E-state index contributed by atoms with van der Waals surface area (Å²) in [5, 5.41) is 3.42. The second kappa shape index (κ2) is 2.33. The molecule has 0 saturated carbocycles. The summed E-state index contributed by atoms with van der Waals surface area (Å²) >= 11 is 0. The van der Waals surface area contributed by atoms with Gasteiger partial charge in [-0.1, -0.05) is 0 Å². The van der Waals surface area contributed by atoms with E-state index in [9.17, 15) is 0 Å². The number of hydrogen-bond acceptors (Lipinski definition) is 6. The van der Waals surface area contributed by atoms with Crippen molar-refractivity contribution in [2.75, 3.05) is 5.73 Å². The van der Waals surface area contributed by atoms with Crippen molar-refractivity contribution in [3.8, 4) is 11.7 Å². The van der Waals surface area contributed by atoms with Gasteiger partial charge in [0, 0.05) is 0 Å². The lowest BCUT2D eigenvalue weighted by Gasteiger charge is -1.84. The summed E-state index contributed by atoms with van der Waals surface area (Å²) in [6, 6.07) is 0. The lowest BCUT2D eigenvalue weighted by molar-refractivity contribution is 0.416. The molecule has 0 aromatic carbocycles. The number of nitrogens with two attached hydrogens (primary N) is 1. The van der Waals surface area contributed by atoms with Crippen molar-refractivity contribution < 1.29 is 8.94 Å². The van der Waals surface area contributed by atoms with Gasteiger partial charge in [-0.25, -0.2) is 4.98 Å². The van der Waals surface area contributed by atoms with Crippen LogP contribution in [0.2, 0.25) is 0 Å². The molecule has 0 fully saturated rings. The minimum Gasteiger partial charge on any atom is -0.438 e. The van der Waals surface area contributed by atoms with Crippen LogP contribution in [-0.2, 0) is 0 Å². The van der Waals surface area contributed by atoms with E-state index in [4.69, 9.17) is 14.7 Å². The zero-order valence-corrected chi connectivity index (χ0v) is 6.31. The highest BCUT2D eigenvalue weighted by molar-refractivity contribution is 5.47. The highest BCUT2D eigenvalue weighted by Crippen LogP contribution is 2.20. The van der Waals surface area contributed by atoms with Crippen LogP contribution >= 0.6 is 0 Å². The van der Waals surface area contributed by atoms with E-state index in [0.717, 1.165) is 0 Å². The quantitative estimate of drug-likeness (QED) is 0.667. The minimum absolute atomic E-state index is 0.0841. The molecule has 0 aliphatic rings. The van der Waals surface area contributed by atoms with Gasteiger partial charge < -0.3 is 14.7 Å². The zero-order chi connectivity index (χ0) is 8.55. The normalized spacial score (nSPS) is 10.4. The van der Waals surface area contributed by atoms with Gasteiger partial charge in [0.2, 0.25) is 5.76 Å². The van der Waals surface area contributed by atoms with Gasteiger partial charge in [-0.15, -0.1) is 0 Å². The van der Waals surface area contributed by atoms with Crippen LogP contribution in [0.15, 0.2) is 15.3 Å². The van der Waals surface area contributed by atoms with Crippen LogP contribution < -0.4 is 5.73 Å². The Morgan fingerprint density at radius 2 is 2.33 bits per heavy atom. The Balaban J connectivity index is 2.50. The van der Waals surface area contributed by atoms with Crippen molar-refractivity contribution in [2.45, 2.75) is 6.92 Å². The summed E-state index contributed by atoms with van der Waals surface area (Å²) in [6.07, 6.45) is 1.31. The van der Waals surface area contributed by atoms with Crippen molar-refractivity contribution in [3.63, 3.8) is 0 Å². The lowest BCUT2D eigenvalue weighted by Crippen LogP contribution is -1.85. The number of hydrogen-bond donors (Lipinski definition) is 1. The number of nitrogens with zero attached hydrogens (tertiary/aromatic N) is 3. The Hall–Kier alpha value is -1.85. The average molecular weight is 166 g/mol. The number of rotatable bonds is 1. The molecule has 2 rings (SSSR count). The molecule has 0 saturated heterocycles. The van der Waals surface area contributed by atoms with E-state index in [-0.39, 0.29) is 11.8 Å². The van der Waals surface area contributed by atoms with E-state index in [1.165, 1.54) is 6.39 Å². The number of aryl methyl sites for hydroxylation is 1. The highest BCUT2D eigenvalue weighted by Gasteiger charge is 2.13. The third kappa shape index (κ3) is 0.931. The summed E-state index contributed by atoms with van der Waals surface area (Å²) < 4.78 is 9.77. The molecule has 2 aromatic heterocycles. The fourth-order valence-electron chi connectivity index (χ4n) is 0.834. The van der Waals surface area contributed by atoms with Crippen molar-refractivity contribution in [1.29, 1.82) is 0 Å². The molecule has 6 nitrogen and oxygen atoms in total. The number of anilines is 1. The van der Waals surface area contributed by atoms with E-state index in [0.29, 0.717) is 11.5 Å². The largest absolute Gasteiger partial charge is 0.438 e. The molecule has 0 amide bonds. The van der Waals surface area contributed by atoms with Gasteiger partial charge in [-0.2, -0.15) is 4.98 Å². The number of oxazole rings is 1. The summed E-state index contributed by atoms with van der Waals surface area (Å²) in [4.78, 5) is 7.65. The fourth-order valence-corrected chi connectivity index (χ4v) is 0.834. The van der Waals surface area contributed by atoms with Gasteiger partial charge in [0.15, 0.2) is 6.39 Å². The molecule has 0 radical (unpaired) electrons. The first kappa shape index (κ1) is 6.84. The molecule has 2 heterocycles. The van der Waals surface area contributed by atoms with E-state index in [2.05, 4.69) is 15.1 Å². The first-order valence-electron chi connectivity index (χ1n) is 3.27. The summed E-state index contributed by atoms with van der Waals surface area (Å²) in [5.74, 6) is 0.794. The van der Waals surface area contributed by atoms with E-state index in [1.54, 1.807) is 6.92 Å². The smallest absolute Gasteiger partial charge is 0.297 e. The van der Waals surface area contributed by atoms with Gasteiger partial charge in [0.05, 0.1) is 5.69 Å². The molecular formula is C6H6N4O2. The second-order valence-corrected chi connectivity index (χ2v) is 2.22. The molecule has 6 heteroatoms. The monoisotopic (exact) mass is 166 g/mol. The SMILES string of the molecule is Cc1ncoc1-c1nc(N)no1. The van der Waals surface area contributed by atoms with Crippen LogP contribution in [-0.4, -0.2) is 15.1 Å². The molecule has 0 unspecified atom stereocenters. The molecule has 0 bridgehead atoms. The van der Waals surface area contributed by atoms with Crippen LogP contribution in [0.3, 0.4) is 0 Å². The second-order valence-electron chi connectivity index (χ2n) is 2.22. The summed E-state index contributed by atoms with van der Waals surface area (Å²) in [7, 11) is 0. The first-order valence-corrected chi connectivity index (χ1v) is 3.27. The maximum Gasteiger partial charge on any atom is 0.297 e. The van der Waals surface area contributed by atoms with Gasteiger partial charge in [0.1, 0.15) is 0 Å². The van der Waals surface area contributed by atoms with Crippen molar-refractivity contribution >= 4 is 5.95 Å². The molecule has 0 spiro atoms. The average Bonchev–Trinajstić information content (AvgIpc) is 2.58. The summed E-state index contributed by atoms with van der Waals surface area (Å²) in [6.45, 7) is 1.78. The highest BCUT2D eigenvalue weighted by atomic mass is 16.5.